The van der Waals surface area contributed by atoms with Crippen molar-refractivity contribution in [2.45, 2.75) is 19.8 Å². The molecule has 4 rings (SSSR count). The van der Waals surface area contributed by atoms with Crippen LogP contribution in [0.1, 0.15) is 18.4 Å². The molecule has 29 heavy (non-hydrogen) atoms. The van der Waals surface area contributed by atoms with E-state index in [1.54, 1.807) is 20.3 Å². The standard InChI is InChI=1S/C19H23N7O3/c1-12-10-15(28-2)16(29-3)11-14(12)20-19(27)13-6-8-25(9-7-13)18-5-4-17-21-23-24-26(17)22-18/h4-5,10-11,13H,6-9H2,1-3H3,(H,20,27). The monoisotopic (exact) mass is 397 g/mol. The number of nitrogens with zero attached hydrogens (tertiary/aromatic N) is 6. The van der Waals surface area contributed by atoms with Gasteiger partial charge in [0.25, 0.3) is 0 Å². The van der Waals surface area contributed by atoms with E-state index >= 15 is 0 Å². The maximum absolute atomic E-state index is 12.8. The van der Waals surface area contributed by atoms with Crippen LogP contribution in [0.4, 0.5) is 11.5 Å². The third-order valence-electron chi connectivity index (χ3n) is 5.23. The lowest BCUT2D eigenvalue weighted by molar-refractivity contribution is -0.120. The Hall–Kier alpha value is -3.43. The van der Waals surface area contributed by atoms with Crippen LogP contribution in [0.25, 0.3) is 5.65 Å². The molecular formula is C19H23N7O3. The van der Waals surface area contributed by atoms with Gasteiger partial charge in [-0.3, -0.25) is 4.79 Å². The highest BCUT2D eigenvalue weighted by atomic mass is 16.5. The average molecular weight is 397 g/mol. The zero-order valence-corrected chi connectivity index (χ0v) is 16.6. The van der Waals surface area contributed by atoms with Crippen molar-refractivity contribution in [1.29, 1.82) is 0 Å². The zero-order chi connectivity index (χ0) is 20.4. The molecule has 3 heterocycles. The summed E-state index contributed by atoms with van der Waals surface area (Å²) in [4.78, 5) is 15.0. The number of carbonyl (C=O) groups excluding carboxylic acids is 1. The topological polar surface area (TPSA) is 107 Å². The SMILES string of the molecule is COc1cc(C)c(NC(=O)C2CCN(c3ccc4nnnn4n3)CC2)cc1OC. The van der Waals surface area contributed by atoms with Crippen molar-refractivity contribution in [2.24, 2.45) is 5.92 Å². The van der Waals surface area contributed by atoms with Crippen LogP contribution in [-0.2, 0) is 4.79 Å². The van der Waals surface area contributed by atoms with Crippen LogP contribution in [0.2, 0.25) is 0 Å². The number of hydrogen-bond acceptors (Lipinski definition) is 8. The molecule has 1 fully saturated rings. The van der Waals surface area contributed by atoms with Gasteiger partial charge in [0.15, 0.2) is 23.0 Å². The molecule has 0 aliphatic carbocycles. The third-order valence-corrected chi connectivity index (χ3v) is 5.23. The van der Waals surface area contributed by atoms with Gasteiger partial charge in [0.1, 0.15) is 0 Å². The van der Waals surface area contributed by atoms with Crippen LogP contribution < -0.4 is 19.7 Å². The Labute approximate surface area is 167 Å². The number of aryl methyl sites for hydroxylation is 1. The zero-order valence-electron chi connectivity index (χ0n) is 16.6. The minimum absolute atomic E-state index is 0.0175. The number of hydrogen-bond donors (Lipinski definition) is 1. The molecule has 0 spiro atoms. The predicted molar refractivity (Wildman–Crippen MR) is 106 cm³/mol. The second kappa shape index (κ2) is 7.90. The Kier molecular flexibility index (Phi) is 5.15. The number of benzene rings is 1. The summed E-state index contributed by atoms with van der Waals surface area (Å²) in [6.07, 6.45) is 1.49. The number of ether oxygens (including phenoxy) is 2. The number of piperidine rings is 1. The highest BCUT2D eigenvalue weighted by Crippen LogP contribution is 2.33. The van der Waals surface area contributed by atoms with Gasteiger partial charge in [0.05, 0.1) is 14.2 Å². The molecule has 152 valence electrons. The quantitative estimate of drug-likeness (QED) is 0.693. The van der Waals surface area contributed by atoms with E-state index < -0.39 is 0 Å². The fourth-order valence-corrected chi connectivity index (χ4v) is 3.53. The third kappa shape index (κ3) is 3.78. The number of carbonyl (C=O) groups is 1. The summed E-state index contributed by atoms with van der Waals surface area (Å²) in [5.41, 5.74) is 2.27. The summed E-state index contributed by atoms with van der Waals surface area (Å²) >= 11 is 0. The number of rotatable bonds is 5. The van der Waals surface area contributed by atoms with Crippen LogP contribution in [0.15, 0.2) is 24.3 Å². The van der Waals surface area contributed by atoms with Gasteiger partial charge in [-0.2, -0.15) is 0 Å². The van der Waals surface area contributed by atoms with Crippen molar-refractivity contribution < 1.29 is 14.3 Å². The number of amides is 1. The van der Waals surface area contributed by atoms with Gasteiger partial charge < -0.3 is 19.7 Å². The maximum atomic E-state index is 12.8. The van der Waals surface area contributed by atoms with Crippen LogP contribution >= 0.6 is 0 Å². The number of fused-ring (bicyclic) bond motifs is 1. The largest absolute Gasteiger partial charge is 0.493 e. The van der Waals surface area contributed by atoms with E-state index in [1.807, 2.05) is 25.1 Å². The van der Waals surface area contributed by atoms with E-state index in [9.17, 15) is 4.79 Å². The molecular weight excluding hydrogens is 374 g/mol. The van der Waals surface area contributed by atoms with Crippen molar-refractivity contribution in [3.05, 3.63) is 29.8 Å². The van der Waals surface area contributed by atoms with Crippen molar-refractivity contribution in [3.63, 3.8) is 0 Å². The van der Waals surface area contributed by atoms with E-state index in [4.69, 9.17) is 9.47 Å². The van der Waals surface area contributed by atoms with Gasteiger partial charge in [0.2, 0.25) is 5.91 Å². The summed E-state index contributed by atoms with van der Waals surface area (Å²) in [7, 11) is 3.17. The van der Waals surface area contributed by atoms with Crippen molar-refractivity contribution in [1.82, 2.24) is 25.3 Å². The number of methoxy groups -OCH3 is 2. The molecule has 0 bridgehead atoms. The Morgan fingerprint density at radius 3 is 2.59 bits per heavy atom. The highest BCUT2D eigenvalue weighted by molar-refractivity contribution is 5.93. The first-order chi connectivity index (χ1) is 14.1. The average Bonchev–Trinajstić information content (AvgIpc) is 3.22. The van der Waals surface area contributed by atoms with E-state index in [0.717, 1.165) is 43.0 Å². The maximum Gasteiger partial charge on any atom is 0.227 e. The fourth-order valence-electron chi connectivity index (χ4n) is 3.53. The normalized spacial score (nSPS) is 14.8. The van der Waals surface area contributed by atoms with Crippen LogP contribution in [-0.4, -0.2) is 58.5 Å². The van der Waals surface area contributed by atoms with Gasteiger partial charge in [-0.15, -0.1) is 14.8 Å². The lowest BCUT2D eigenvalue weighted by Gasteiger charge is -2.32. The predicted octanol–water partition coefficient (Wildman–Crippen LogP) is 1.70. The van der Waals surface area contributed by atoms with E-state index in [2.05, 4.69) is 30.8 Å². The molecule has 1 aliphatic rings. The Morgan fingerprint density at radius 1 is 1.14 bits per heavy atom. The molecule has 1 aliphatic heterocycles. The van der Waals surface area contributed by atoms with Crippen molar-refractivity contribution >= 4 is 23.1 Å². The van der Waals surface area contributed by atoms with E-state index in [0.29, 0.717) is 17.1 Å². The summed E-state index contributed by atoms with van der Waals surface area (Å²) in [6, 6.07) is 7.39. The molecule has 0 radical (unpaired) electrons. The van der Waals surface area contributed by atoms with E-state index in [1.165, 1.54) is 4.63 Å². The molecule has 0 unspecified atom stereocenters. The lowest BCUT2D eigenvalue weighted by atomic mass is 9.95. The Bertz CT molecular complexity index is 1030. The minimum atomic E-state index is -0.0597. The van der Waals surface area contributed by atoms with Crippen molar-refractivity contribution in [3.8, 4) is 11.5 Å². The molecule has 3 aromatic rings. The number of anilines is 2. The van der Waals surface area contributed by atoms with Gasteiger partial charge in [0, 0.05) is 30.8 Å². The van der Waals surface area contributed by atoms with Gasteiger partial charge >= 0.3 is 0 Å². The molecule has 1 saturated heterocycles. The molecule has 0 atom stereocenters. The van der Waals surface area contributed by atoms with Crippen molar-refractivity contribution in [2.75, 3.05) is 37.5 Å². The fraction of sp³-hybridized carbons (Fsp3) is 0.421. The number of tetrazole rings is 1. The Balaban J connectivity index is 1.40. The molecule has 0 saturated carbocycles. The molecule has 1 aromatic carbocycles. The first-order valence-electron chi connectivity index (χ1n) is 9.43. The van der Waals surface area contributed by atoms with Gasteiger partial charge in [-0.1, -0.05) is 0 Å². The summed E-state index contributed by atoms with van der Waals surface area (Å²) < 4.78 is 12.1. The number of aromatic nitrogens is 5. The highest BCUT2D eigenvalue weighted by Gasteiger charge is 2.26. The summed E-state index contributed by atoms with van der Waals surface area (Å²) in [6.45, 7) is 3.41. The first kappa shape index (κ1) is 18.9. The Morgan fingerprint density at radius 2 is 1.86 bits per heavy atom. The minimum Gasteiger partial charge on any atom is -0.493 e. The van der Waals surface area contributed by atoms with Crippen LogP contribution in [0.3, 0.4) is 0 Å². The number of nitrogens with one attached hydrogen (secondary N) is 1. The summed E-state index contributed by atoms with van der Waals surface area (Å²) in [5.74, 6) is 1.99. The van der Waals surface area contributed by atoms with Gasteiger partial charge in [-0.25, -0.2) is 0 Å². The second-order valence-corrected chi connectivity index (χ2v) is 6.99. The van der Waals surface area contributed by atoms with Crippen LogP contribution in [0, 0.1) is 12.8 Å². The molecule has 10 nitrogen and oxygen atoms in total. The molecule has 10 heteroatoms. The second-order valence-electron chi connectivity index (χ2n) is 6.99. The van der Waals surface area contributed by atoms with Gasteiger partial charge in [-0.05, 0) is 54.0 Å². The van der Waals surface area contributed by atoms with E-state index in [-0.39, 0.29) is 11.8 Å². The molecule has 1 N–H and O–H groups in total. The summed E-state index contributed by atoms with van der Waals surface area (Å²) in [5, 5.41) is 18.8. The first-order valence-corrected chi connectivity index (χ1v) is 9.43. The smallest absolute Gasteiger partial charge is 0.227 e. The molecule has 2 aromatic heterocycles. The lowest BCUT2D eigenvalue weighted by Crippen LogP contribution is -2.38. The molecule has 1 amide bonds. The van der Waals surface area contributed by atoms with Crippen LogP contribution in [0.5, 0.6) is 11.5 Å².